The fraction of sp³-hybridized carbons (Fsp3) is 0.273. The normalized spacial score (nSPS) is 10.6. The van der Waals surface area contributed by atoms with Crippen LogP contribution in [0.5, 0.6) is 0 Å². The molecule has 0 saturated carbocycles. The van der Waals surface area contributed by atoms with Crippen molar-refractivity contribution in [1.82, 2.24) is 9.97 Å². The third kappa shape index (κ3) is 4.76. The maximum absolute atomic E-state index is 13.1. The van der Waals surface area contributed by atoms with Gasteiger partial charge >= 0.3 is 0 Å². The van der Waals surface area contributed by atoms with Crippen molar-refractivity contribution in [3.63, 3.8) is 0 Å². The van der Waals surface area contributed by atoms with E-state index in [1.54, 1.807) is 12.1 Å². The summed E-state index contributed by atoms with van der Waals surface area (Å²) < 4.78 is 13.1. The lowest BCUT2D eigenvalue weighted by molar-refractivity contribution is 0.628. The molecule has 6 heteroatoms. The predicted octanol–water partition coefficient (Wildman–Crippen LogP) is 5.57. The molecule has 0 unspecified atom stereocenters. The SMILES string of the molecule is CCN(CC)c1ccc(Nc2nc(C)cc(Nc3ccc(F)cc3)n2)c(C)c1. The summed E-state index contributed by atoms with van der Waals surface area (Å²) in [7, 11) is 0. The van der Waals surface area contributed by atoms with Crippen molar-refractivity contribution >= 4 is 28.8 Å². The Morgan fingerprint density at radius 3 is 2.25 bits per heavy atom. The number of nitrogens with zero attached hydrogens (tertiary/aromatic N) is 3. The molecule has 2 N–H and O–H groups in total. The molecule has 5 nitrogen and oxygen atoms in total. The third-order valence-corrected chi connectivity index (χ3v) is 4.56. The van der Waals surface area contributed by atoms with Gasteiger partial charge in [0, 0.05) is 41.9 Å². The highest BCUT2D eigenvalue weighted by Gasteiger charge is 2.08. The molecule has 0 atom stereocenters. The number of halogens is 1. The Balaban J connectivity index is 1.80. The smallest absolute Gasteiger partial charge is 0.229 e. The first-order valence-electron chi connectivity index (χ1n) is 9.49. The fourth-order valence-electron chi connectivity index (χ4n) is 3.06. The van der Waals surface area contributed by atoms with Crippen molar-refractivity contribution in [3.8, 4) is 0 Å². The van der Waals surface area contributed by atoms with Gasteiger partial charge in [-0.05, 0) is 75.7 Å². The van der Waals surface area contributed by atoms with E-state index in [0.29, 0.717) is 11.8 Å². The Morgan fingerprint density at radius 2 is 1.61 bits per heavy atom. The van der Waals surface area contributed by atoms with Crippen LogP contribution in [0, 0.1) is 19.7 Å². The van der Waals surface area contributed by atoms with Crippen LogP contribution in [0.3, 0.4) is 0 Å². The standard InChI is InChI=1S/C22H26FN5/c1-5-28(6-2)19-11-12-20(15(3)13-19)26-22-24-16(4)14-21(27-22)25-18-9-7-17(23)8-10-18/h7-14H,5-6H2,1-4H3,(H2,24,25,26,27). The molecular formula is C22H26FN5. The highest BCUT2D eigenvalue weighted by molar-refractivity contribution is 5.65. The van der Waals surface area contributed by atoms with Gasteiger partial charge in [-0.3, -0.25) is 0 Å². The lowest BCUT2D eigenvalue weighted by atomic mass is 10.1. The Labute approximate surface area is 165 Å². The van der Waals surface area contributed by atoms with Gasteiger partial charge in [0.05, 0.1) is 0 Å². The quantitative estimate of drug-likeness (QED) is 0.562. The first-order chi connectivity index (χ1) is 13.5. The molecule has 1 aromatic heterocycles. The molecule has 0 aliphatic carbocycles. The Kier molecular flexibility index (Phi) is 6.09. The molecule has 0 spiro atoms. The van der Waals surface area contributed by atoms with Gasteiger partial charge in [0.15, 0.2) is 0 Å². The first kappa shape index (κ1) is 19.6. The van der Waals surface area contributed by atoms with Crippen molar-refractivity contribution in [2.45, 2.75) is 27.7 Å². The summed E-state index contributed by atoms with van der Waals surface area (Å²) >= 11 is 0. The van der Waals surface area contributed by atoms with Crippen molar-refractivity contribution in [3.05, 3.63) is 65.6 Å². The summed E-state index contributed by atoms with van der Waals surface area (Å²) in [5.74, 6) is 0.901. The van der Waals surface area contributed by atoms with E-state index in [9.17, 15) is 4.39 Å². The predicted molar refractivity (Wildman–Crippen MR) is 114 cm³/mol. The largest absolute Gasteiger partial charge is 0.372 e. The molecule has 0 aliphatic heterocycles. The molecule has 0 fully saturated rings. The van der Waals surface area contributed by atoms with E-state index in [0.717, 1.165) is 35.7 Å². The third-order valence-electron chi connectivity index (χ3n) is 4.56. The number of rotatable bonds is 7. The van der Waals surface area contributed by atoms with Gasteiger partial charge in [-0.15, -0.1) is 0 Å². The molecular weight excluding hydrogens is 353 g/mol. The maximum atomic E-state index is 13.1. The Bertz CT molecular complexity index is 936. The van der Waals surface area contributed by atoms with Crippen LogP contribution in [0.25, 0.3) is 0 Å². The van der Waals surface area contributed by atoms with Crippen LogP contribution in [0.4, 0.5) is 33.2 Å². The number of nitrogens with one attached hydrogen (secondary N) is 2. The van der Waals surface area contributed by atoms with Gasteiger partial charge < -0.3 is 15.5 Å². The average molecular weight is 379 g/mol. The molecule has 2 aromatic carbocycles. The number of hydrogen-bond acceptors (Lipinski definition) is 5. The second kappa shape index (κ2) is 8.69. The molecule has 3 rings (SSSR count). The summed E-state index contributed by atoms with van der Waals surface area (Å²) in [6.07, 6.45) is 0. The van der Waals surface area contributed by atoms with E-state index < -0.39 is 0 Å². The van der Waals surface area contributed by atoms with Crippen LogP contribution < -0.4 is 15.5 Å². The molecule has 0 radical (unpaired) electrons. The van der Waals surface area contributed by atoms with Gasteiger partial charge in [-0.25, -0.2) is 9.37 Å². The number of aryl methyl sites for hydroxylation is 2. The summed E-state index contributed by atoms with van der Waals surface area (Å²) in [4.78, 5) is 11.3. The zero-order valence-corrected chi connectivity index (χ0v) is 16.8. The minimum absolute atomic E-state index is 0.268. The molecule has 28 heavy (non-hydrogen) atoms. The molecule has 146 valence electrons. The minimum atomic E-state index is -0.268. The van der Waals surface area contributed by atoms with Crippen LogP contribution in [0.15, 0.2) is 48.5 Å². The monoisotopic (exact) mass is 379 g/mol. The topological polar surface area (TPSA) is 53.1 Å². The maximum Gasteiger partial charge on any atom is 0.229 e. The van der Waals surface area contributed by atoms with Gasteiger partial charge in [-0.1, -0.05) is 0 Å². The highest BCUT2D eigenvalue weighted by Crippen LogP contribution is 2.25. The van der Waals surface area contributed by atoms with E-state index in [4.69, 9.17) is 0 Å². The van der Waals surface area contributed by atoms with Gasteiger partial charge in [0.1, 0.15) is 11.6 Å². The van der Waals surface area contributed by atoms with Crippen molar-refractivity contribution in [2.75, 3.05) is 28.6 Å². The number of aromatic nitrogens is 2. The lowest BCUT2D eigenvalue weighted by Gasteiger charge is -2.22. The molecule has 0 bridgehead atoms. The Morgan fingerprint density at radius 1 is 0.893 bits per heavy atom. The molecule has 0 saturated heterocycles. The molecule has 1 heterocycles. The van der Waals surface area contributed by atoms with Crippen LogP contribution >= 0.6 is 0 Å². The minimum Gasteiger partial charge on any atom is -0.372 e. The van der Waals surface area contributed by atoms with E-state index in [2.05, 4.69) is 64.5 Å². The number of benzene rings is 2. The molecule has 0 aliphatic rings. The van der Waals surface area contributed by atoms with Crippen LogP contribution in [0.2, 0.25) is 0 Å². The fourth-order valence-corrected chi connectivity index (χ4v) is 3.06. The van der Waals surface area contributed by atoms with Gasteiger partial charge in [-0.2, -0.15) is 4.98 Å². The van der Waals surface area contributed by atoms with Crippen molar-refractivity contribution in [2.24, 2.45) is 0 Å². The van der Waals surface area contributed by atoms with Gasteiger partial charge in [0.2, 0.25) is 5.95 Å². The van der Waals surface area contributed by atoms with E-state index >= 15 is 0 Å². The zero-order valence-electron chi connectivity index (χ0n) is 16.8. The van der Waals surface area contributed by atoms with Crippen LogP contribution in [-0.2, 0) is 0 Å². The highest BCUT2D eigenvalue weighted by atomic mass is 19.1. The summed E-state index contributed by atoms with van der Waals surface area (Å²) in [5.41, 5.74) is 4.90. The Hall–Kier alpha value is -3.15. The summed E-state index contributed by atoms with van der Waals surface area (Å²) in [6, 6.07) is 14.4. The van der Waals surface area contributed by atoms with Crippen molar-refractivity contribution < 1.29 is 4.39 Å². The molecule has 0 amide bonds. The van der Waals surface area contributed by atoms with E-state index in [1.807, 2.05) is 13.0 Å². The summed E-state index contributed by atoms with van der Waals surface area (Å²) in [6.45, 7) is 10.2. The second-order valence-corrected chi connectivity index (χ2v) is 6.65. The van der Waals surface area contributed by atoms with E-state index in [-0.39, 0.29) is 5.82 Å². The zero-order chi connectivity index (χ0) is 20.1. The van der Waals surface area contributed by atoms with Crippen molar-refractivity contribution in [1.29, 1.82) is 0 Å². The first-order valence-corrected chi connectivity index (χ1v) is 9.49. The lowest BCUT2D eigenvalue weighted by Crippen LogP contribution is -2.21. The average Bonchev–Trinajstić information content (AvgIpc) is 2.66. The summed E-state index contributed by atoms with van der Waals surface area (Å²) in [5, 5.41) is 6.50. The van der Waals surface area contributed by atoms with Crippen LogP contribution in [0.1, 0.15) is 25.1 Å². The van der Waals surface area contributed by atoms with E-state index in [1.165, 1.54) is 17.8 Å². The second-order valence-electron chi connectivity index (χ2n) is 6.65. The number of anilines is 5. The number of hydrogen-bond donors (Lipinski definition) is 2. The van der Waals surface area contributed by atoms with Gasteiger partial charge in [0.25, 0.3) is 0 Å². The van der Waals surface area contributed by atoms with Crippen LogP contribution in [-0.4, -0.2) is 23.1 Å². The molecule has 3 aromatic rings.